The van der Waals surface area contributed by atoms with Gasteiger partial charge in [0.1, 0.15) is 5.52 Å². The Morgan fingerprint density at radius 3 is 3.09 bits per heavy atom. The molecule has 0 radical (unpaired) electrons. The van der Waals surface area contributed by atoms with E-state index >= 15 is 0 Å². The van der Waals surface area contributed by atoms with E-state index in [-0.39, 0.29) is 0 Å². The monoisotopic (exact) mass is 372 g/mol. The van der Waals surface area contributed by atoms with Crippen LogP contribution in [0.4, 0.5) is 5.95 Å². The summed E-state index contributed by atoms with van der Waals surface area (Å²) in [5, 5.41) is 15.4. The van der Waals surface area contributed by atoms with E-state index in [1.807, 2.05) is 35.7 Å². The first-order valence-electron chi connectivity index (χ1n) is 6.44. The number of H-pyrrole nitrogens is 1. The summed E-state index contributed by atoms with van der Waals surface area (Å²) >= 11 is 5.07. The van der Waals surface area contributed by atoms with Crippen LogP contribution in [-0.2, 0) is 0 Å². The van der Waals surface area contributed by atoms with Crippen molar-refractivity contribution < 1.29 is 0 Å². The Bertz CT molecular complexity index is 976. The topological polar surface area (TPSA) is 78.9 Å². The summed E-state index contributed by atoms with van der Waals surface area (Å²) in [7, 11) is 0. The molecule has 4 rings (SSSR count). The molecule has 0 aliphatic carbocycles. The van der Waals surface area contributed by atoms with E-state index in [1.165, 1.54) is 0 Å². The first-order valence-corrected chi connectivity index (χ1v) is 8.11. The van der Waals surface area contributed by atoms with Crippen LogP contribution in [0.5, 0.6) is 0 Å². The van der Waals surface area contributed by atoms with Crippen LogP contribution in [0.15, 0.2) is 45.3 Å². The Morgan fingerprint density at radius 2 is 2.23 bits per heavy atom. The minimum atomic E-state index is 0.353. The highest BCUT2D eigenvalue weighted by atomic mass is 79.9. The van der Waals surface area contributed by atoms with Crippen LogP contribution in [0, 0.1) is 0 Å². The van der Waals surface area contributed by atoms with Crippen LogP contribution >= 0.6 is 27.3 Å². The zero-order chi connectivity index (χ0) is 14.9. The van der Waals surface area contributed by atoms with E-state index in [2.05, 4.69) is 46.6 Å². The fraction of sp³-hybridized carbons (Fsp3) is 0. The van der Waals surface area contributed by atoms with Crippen LogP contribution in [0.25, 0.3) is 22.1 Å². The molecule has 0 saturated heterocycles. The highest BCUT2D eigenvalue weighted by Crippen LogP contribution is 2.25. The van der Waals surface area contributed by atoms with Gasteiger partial charge >= 0.3 is 0 Å². The second-order valence-corrected chi connectivity index (χ2v) is 6.43. The molecule has 0 atom stereocenters. The van der Waals surface area contributed by atoms with Gasteiger partial charge in [-0.25, -0.2) is 5.43 Å². The molecule has 3 aromatic heterocycles. The summed E-state index contributed by atoms with van der Waals surface area (Å²) < 4.78 is 0.991. The van der Waals surface area contributed by atoms with Crippen LogP contribution in [-0.4, -0.2) is 26.4 Å². The number of nitrogens with zero attached hydrogens (tertiary/aromatic N) is 4. The second kappa shape index (κ2) is 5.47. The van der Waals surface area contributed by atoms with Gasteiger partial charge in [0.25, 0.3) is 5.95 Å². The number of fused-ring (bicyclic) bond motifs is 3. The van der Waals surface area contributed by atoms with Gasteiger partial charge in [0.15, 0.2) is 5.65 Å². The van der Waals surface area contributed by atoms with Gasteiger partial charge in [0.2, 0.25) is 0 Å². The van der Waals surface area contributed by atoms with E-state index < -0.39 is 0 Å². The Labute approximate surface area is 137 Å². The molecule has 0 amide bonds. The Hall–Kier alpha value is -2.32. The molecule has 2 N–H and O–H groups in total. The Morgan fingerprint density at radius 1 is 1.27 bits per heavy atom. The van der Waals surface area contributed by atoms with Crippen molar-refractivity contribution in [2.24, 2.45) is 5.10 Å². The number of benzene rings is 1. The summed E-state index contributed by atoms with van der Waals surface area (Å²) in [5.74, 6) is 0.353. The maximum atomic E-state index is 4.40. The average Bonchev–Trinajstić information content (AvgIpc) is 3.14. The van der Waals surface area contributed by atoms with Gasteiger partial charge in [0.05, 0.1) is 6.21 Å². The van der Waals surface area contributed by atoms with Crippen molar-refractivity contribution in [2.45, 2.75) is 0 Å². The summed E-state index contributed by atoms with van der Waals surface area (Å²) in [5.41, 5.74) is 5.18. The number of rotatable bonds is 3. The summed E-state index contributed by atoms with van der Waals surface area (Å²) in [4.78, 5) is 8.67. The second-order valence-electron chi connectivity index (χ2n) is 4.53. The summed E-state index contributed by atoms with van der Waals surface area (Å²) in [6, 6.07) is 9.89. The van der Waals surface area contributed by atoms with Crippen molar-refractivity contribution in [1.29, 1.82) is 0 Å². The molecular weight excluding hydrogens is 364 g/mol. The molecule has 8 heteroatoms. The van der Waals surface area contributed by atoms with Gasteiger partial charge in [-0.2, -0.15) is 10.1 Å². The minimum absolute atomic E-state index is 0.353. The molecule has 108 valence electrons. The van der Waals surface area contributed by atoms with E-state index in [9.17, 15) is 0 Å². The fourth-order valence-electron chi connectivity index (χ4n) is 2.11. The van der Waals surface area contributed by atoms with Crippen molar-refractivity contribution in [3.8, 4) is 0 Å². The molecule has 0 aliphatic rings. The minimum Gasteiger partial charge on any atom is -0.338 e. The highest BCUT2D eigenvalue weighted by molar-refractivity contribution is 9.10. The molecule has 3 heterocycles. The highest BCUT2D eigenvalue weighted by Gasteiger charge is 2.09. The number of aromatic nitrogens is 4. The molecule has 0 unspecified atom stereocenters. The van der Waals surface area contributed by atoms with Gasteiger partial charge in [-0.1, -0.05) is 22.0 Å². The molecular formula is C14H9BrN6S. The quantitative estimate of drug-likeness (QED) is 0.423. The summed E-state index contributed by atoms with van der Waals surface area (Å²) in [6.07, 6.45) is 1.72. The van der Waals surface area contributed by atoms with Gasteiger partial charge in [-0.15, -0.1) is 21.5 Å². The average molecular weight is 373 g/mol. The molecule has 6 nitrogen and oxygen atoms in total. The Balaban J connectivity index is 1.67. The largest absolute Gasteiger partial charge is 0.338 e. The molecule has 0 bridgehead atoms. The standard InChI is InChI=1S/C14H9BrN6S/c15-8-3-4-11-10(6-8)12-13(17-11)18-14(21-19-12)20-16-7-9-2-1-5-22-9/h1-7H,(H2,17,18,20,21)/b16-7+. The smallest absolute Gasteiger partial charge is 0.265 e. The molecule has 4 aromatic rings. The number of aromatic amines is 1. The zero-order valence-corrected chi connectivity index (χ0v) is 13.5. The molecule has 22 heavy (non-hydrogen) atoms. The first-order chi connectivity index (χ1) is 10.8. The van der Waals surface area contributed by atoms with E-state index in [4.69, 9.17) is 0 Å². The lowest BCUT2D eigenvalue weighted by molar-refractivity contribution is 1.01. The molecule has 0 spiro atoms. The molecule has 0 saturated carbocycles. The van der Waals surface area contributed by atoms with Crippen molar-refractivity contribution in [3.05, 3.63) is 45.1 Å². The lowest BCUT2D eigenvalue weighted by atomic mass is 10.2. The summed E-state index contributed by atoms with van der Waals surface area (Å²) in [6.45, 7) is 0. The number of hydrogen-bond donors (Lipinski definition) is 2. The van der Waals surface area contributed by atoms with Crippen LogP contribution in [0.1, 0.15) is 4.88 Å². The van der Waals surface area contributed by atoms with Crippen molar-refractivity contribution in [3.63, 3.8) is 0 Å². The van der Waals surface area contributed by atoms with Crippen molar-refractivity contribution >= 4 is 61.5 Å². The maximum Gasteiger partial charge on any atom is 0.265 e. The lowest BCUT2D eigenvalue weighted by Gasteiger charge is -1.96. The molecule has 0 aliphatic heterocycles. The lowest BCUT2D eigenvalue weighted by Crippen LogP contribution is -1.98. The third kappa shape index (κ3) is 2.46. The first kappa shape index (κ1) is 13.4. The molecule has 0 fully saturated rings. The molecule has 1 aromatic carbocycles. The van der Waals surface area contributed by atoms with Gasteiger partial charge in [0, 0.05) is 20.3 Å². The number of anilines is 1. The van der Waals surface area contributed by atoms with Crippen LogP contribution in [0.2, 0.25) is 0 Å². The third-order valence-electron chi connectivity index (χ3n) is 3.08. The normalized spacial score (nSPS) is 11.7. The van der Waals surface area contributed by atoms with Crippen LogP contribution in [0.3, 0.4) is 0 Å². The van der Waals surface area contributed by atoms with Gasteiger partial charge in [-0.05, 0) is 29.6 Å². The van der Waals surface area contributed by atoms with Gasteiger partial charge in [-0.3, -0.25) is 0 Å². The van der Waals surface area contributed by atoms with Gasteiger partial charge < -0.3 is 4.98 Å². The van der Waals surface area contributed by atoms with Crippen LogP contribution < -0.4 is 5.43 Å². The predicted molar refractivity (Wildman–Crippen MR) is 92.4 cm³/mol. The van der Waals surface area contributed by atoms with E-state index in [1.54, 1.807) is 17.6 Å². The SMILES string of the molecule is Brc1ccc2[nH]c3nc(N/N=C/c4cccs4)nnc3c2c1. The fourth-order valence-corrected chi connectivity index (χ4v) is 3.06. The number of halogens is 1. The zero-order valence-electron chi connectivity index (χ0n) is 11.1. The number of hydrazone groups is 1. The number of hydrogen-bond acceptors (Lipinski definition) is 6. The van der Waals surface area contributed by atoms with Crippen molar-refractivity contribution in [1.82, 2.24) is 20.2 Å². The number of nitrogens with one attached hydrogen (secondary N) is 2. The van der Waals surface area contributed by atoms with Crippen molar-refractivity contribution in [2.75, 3.05) is 5.43 Å². The predicted octanol–water partition coefficient (Wildman–Crippen LogP) is 3.78. The maximum absolute atomic E-state index is 4.40. The van der Waals surface area contributed by atoms with E-state index in [0.29, 0.717) is 11.6 Å². The number of thiophene rings is 1. The van der Waals surface area contributed by atoms with E-state index in [0.717, 1.165) is 25.8 Å². The Kier molecular flexibility index (Phi) is 3.32. The third-order valence-corrected chi connectivity index (χ3v) is 4.38.